The van der Waals surface area contributed by atoms with Crippen molar-refractivity contribution in [3.05, 3.63) is 59.7 Å². The first-order chi connectivity index (χ1) is 12.9. The molecule has 0 saturated carbocycles. The van der Waals surface area contributed by atoms with Crippen LogP contribution in [-0.4, -0.2) is 30.7 Å². The number of carboxylic acids is 1. The zero-order chi connectivity index (χ0) is 19.8. The Balaban J connectivity index is 1.87. The van der Waals surface area contributed by atoms with Gasteiger partial charge in [-0.15, -0.1) is 0 Å². The van der Waals surface area contributed by atoms with Crippen molar-refractivity contribution in [1.29, 1.82) is 0 Å². The molecule has 0 fully saturated rings. The maximum Gasteiger partial charge on any atom is 0.341 e. The highest BCUT2D eigenvalue weighted by atomic mass is 16.5. The van der Waals surface area contributed by atoms with Crippen molar-refractivity contribution >= 4 is 11.9 Å². The molecule has 0 aliphatic carbocycles. The number of amides is 1. The lowest BCUT2D eigenvalue weighted by Crippen LogP contribution is -2.27. The number of carboxylic acid groups (broad SMARTS) is 1. The third-order valence-corrected chi connectivity index (χ3v) is 4.30. The fourth-order valence-corrected chi connectivity index (χ4v) is 2.71. The van der Waals surface area contributed by atoms with E-state index in [0.29, 0.717) is 12.2 Å². The first-order valence-electron chi connectivity index (χ1n) is 8.77. The van der Waals surface area contributed by atoms with Crippen LogP contribution in [0.5, 0.6) is 11.5 Å². The lowest BCUT2D eigenvalue weighted by atomic mass is 9.97. The number of hydrogen-bond donors (Lipinski definition) is 2. The van der Waals surface area contributed by atoms with Gasteiger partial charge in [-0.1, -0.05) is 31.2 Å². The number of carbonyl (C=O) groups excluding carboxylic acids is 1. The molecule has 144 valence electrons. The number of rotatable bonds is 9. The number of nitrogens with one attached hydrogen (secondary N) is 1. The van der Waals surface area contributed by atoms with E-state index in [2.05, 4.69) is 5.32 Å². The van der Waals surface area contributed by atoms with Crippen molar-refractivity contribution in [1.82, 2.24) is 5.32 Å². The zero-order valence-electron chi connectivity index (χ0n) is 15.8. The summed E-state index contributed by atoms with van der Waals surface area (Å²) >= 11 is 0. The number of carbonyl (C=O) groups is 2. The molecule has 0 spiro atoms. The molecule has 0 aliphatic rings. The van der Waals surface area contributed by atoms with Gasteiger partial charge in [0.05, 0.1) is 13.2 Å². The molecule has 2 aromatic carbocycles. The largest absolute Gasteiger partial charge is 0.497 e. The smallest absolute Gasteiger partial charge is 0.341 e. The van der Waals surface area contributed by atoms with Gasteiger partial charge in [0.2, 0.25) is 5.91 Å². The van der Waals surface area contributed by atoms with E-state index < -0.39 is 5.97 Å². The summed E-state index contributed by atoms with van der Waals surface area (Å²) in [5, 5.41) is 11.6. The van der Waals surface area contributed by atoms with Crippen molar-refractivity contribution in [3.8, 4) is 11.5 Å². The maximum atomic E-state index is 12.4. The van der Waals surface area contributed by atoms with Crippen LogP contribution < -0.4 is 14.8 Å². The van der Waals surface area contributed by atoms with Crippen molar-refractivity contribution in [2.45, 2.75) is 32.2 Å². The van der Waals surface area contributed by atoms with Crippen molar-refractivity contribution in [3.63, 3.8) is 0 Å². The highest BCUT2D eigenvalue weighted by Gasteiger charge is 2.14. The highest BCUT2D eigenvalue weighted by molar-refractivity contribution is 5.77. The SMILES string of the molecule is COc1ccc(C(C)CC(=O)NC(C)c2ccc(OCC(=O)O)cc2)cc1. The number of ether oxygens (including phenoxy) is 2. The molecule has 2 atom stereocenters. The van der Waals surface area contributed by atoms with E-state index >= 15 is 0 Å². The molecule has 1 amide bonds. The van der Waals surface area contributed by atoms with Crippen LogP contribution in [0, 0.1) is 0 Å². The van der Waals surface area contributed by atoms with Crippen molar-refractivity contribution in [2.75, 3.05) is 13.7 Å². The van der Waals surface area contributed by atoms with Gasteiger partial charge in [-0.2, -0.15) is 0 Å². The van der Waals surface area contributed by atoms with Crippen LogP contribution in [0.15, 0.2) is 48.5 Å². The van der Waals surface area contributed by atoms with E-state index in [0.717, 1.165) is 16.9 Å². The van der Waals surface area contributed by atoms with E-state index in [1.807, 2.05) is 50.2 Å². The van der Waals surface area contributed by atoms with Gasteiger partial charge in [-0.05, 0) is 48.2 Å². The second kappa shape index (κ2) is 9.62. The molecular formula is C21H25NO5. The van der Waals surface area contributed by atoms with E-state index in [9.17, 15) is 9.59 Å². The normalized spacial score (nSPS) is 12.7. The van der Waals surface area contributed by atoms with E-state index in [1.165, 1.54) is 0 Å². The highest BCUT2D eigenvalue weighted by Crippen LogP contribution is 2.23. The Morgan fingerprint density at radius 3 is 2.07 bits per heavy atom. The molecule has 27 heavy (non-hydrogen) atoms. The second-order valence-electron chi connectivity index (χ2n) is 6.42. The van der Waals surface area contributed by atoms with Crippen LogP contribution in [0.3, 0.4) is 0 Å². The summed E-state index contributed by atoms with van der Waals surface area (Å²) in [6, 6.07) is 14.6. The standard InChI is InChI=1S/C21H25NO5/c1-14(16-4-8-18(26-3)9-5-16)12-20(23)22-15(2)17-6-10-19(11-7-17)27-13-21(24)25/h4-11,14-15H,12-13H2,1-3H3,(H,22,23)(H,24,25). The van der Waals surface area contributed by atoms with E-state index in [-0.39, 0.29) is 24.5 Å². The maximum absolute atomic E-state index is 12.4. The Labute approximate surface area is 159 Å². The second-order valence-corrected chi connectivity index (χ2v) is 6.42. The molecular weight excluding hydrogens is 346 g/mol. The van der Waals surface area contributed by atoms with E-state index in [4.69, 9.17) is 14.6 Å². The number of hydrogen-bond acceptors (Lipinski definition) is 4. The minimum absolute atomic E-state index is 0.0305. The van der Waals surface area contributed by atoms with E-state index in [1.54, 1.807) is 19.2 Å². The van der Waals surface area contributed by atoms with Crippen molar-refractivity contribution < 1.29 is 24.2 Å². The molecule has 2 rings (SSSR count). The topological polar surface area (TPSA) is 84.9 Å². The summed E-state index contributed by atoms with van der Waals surface area (Å²) in [6.45, 7) is 3.54. The van der Waals surface area contributed by atoms with Crippen LogP contribution in [0.2, 0.25) is 0 Å². The average Bonchev–Trinajstić information content (AvgIpc) is 2.66. The first-order valence-corrected chi connectivity index (χ1v) is 8.77. The first kappa shape index (κ1) is 20.3. The Kier molecular flexibility index (Phi) is 7.23. The fourth-order valence-electron chi connectivity index (χ4n) is 2.71. The monoisotopic (exact) mass is 371 g/mol. The number of methoxy groups -OCH3 is 1. The molecule has 6 heteroatoms. The summed E-state index contributed by atoms with van der Waals surface area (Å²) in [5.74, 6) is 0.310. The fraction of sp³-hybridized carbons (Fsp3) is 0.333. The molecule has 6 nitrogen and oxygen atoms in total. The minimum atomic E-state index is -1.02. The number of aliphatic carboxylic acids is 1. The van der Waals surface area contributed by atoms with Gasteiger partial charge in [0.15, 0.2) is 6.61 Å². The van der Waals surface area contributed by atoms with Gasteiger partial charge in [-0.25, -0.2) is 4.79 Å². The van der Waals surface area contributed by atoms with Gasteiger partial charge >= 0.3 is 5.97 Å². The Morgan fingerprint density at radius 1 is 0.963 bits per heavy atom. The molecule has 0 saturated heterocycles. The van der Waals surface area contributed by atoms with Gasteiger partial charge in [-0.3, -0.25) is 4.79 Å². The average molecular weight is 371 g/mol. The molecule has 2 aromatic rings. The molecule has 2 unspecified atom stereocenters. The summed E-state index contributed by atoms with van der Waals surface area (Å²) in [5.41, 5.74) is 2.00. The molecule has 0 radical (unpaired) electrons. The minimum Gasteiger partial charge on any atom is -0.497 e. The van der Waals surface area contributed by atoms with Gasteiger partial charge < -0.3 is 19.9 Å². The lowest BCUT2D eigenvalue weighted by Gasteiger charge is -2.17. The molecule has 2 N–H and O–H groups in total. The molecule has 0 bridgehead atoms. The molecule has 0 aliphatic heterocycles. The summed E-state index contributed by atoms with van der Waals surface area (Å²) in [6.07, 6.45) is 0.385. The number of benzene rings is 2. The third kappa shape index (κ3) is 6.33. The third-order valence-electron chi connectivity index (χ3n) is 4.30. The molecule has 0 aromatic heterocycles. The van der Waals surface area contributed by atoms with Crippen LogP contribution >= 0.6 is 0 Å². The molecule has 0 heterocycles. The lowest BCUT2D eigenvalue weighted by molar-refractivity contribution is -0.139. The van der Waals surface area contributed by atoms with Crippen molar-refractivity contribution in [2.24, 2.45) is 0 Å². The summed E-state index contributed by atoms with van der Waals surface area (Å²) in [7, 11) is 1.62. The van der Waals surface area contributed by atoms with Crippen LogP contribution in [0.4, 0.5) is 0 Å². The predicted octanol–water partition coefficient (Wildman–Crippen LogP) is 3.53. The Morgan fingerprint density at radius 2 is 1.52 bits per heavy atom. The zero-order valence-corrected chi connectivity index (χ0v) is 15.8. The predicted molar refractivity (Wildman–Crippen MR) is 102 cm³/mol. The quantitative estimate of drug-likeness (QED) is 0.704. The summed E-state index contributed by atoms with van der Waals surface area (Å²) in [4.78, 5) is 22.9. The van der Waals surface area contributed by atoms with Gasteiger partial charge in [0.1, 0.15) is 11.5 Å². The Hall–Kier alpha value is -3.02. The van der Waals surface area contributed by atoms with Crippen LogP contribution in [0.1, 0.15) is 43.4 Å². The van der Waals surface area contributed by atoms with Crippen LogP contribution in [0.25, 0.3) is 0 Å². The Bertz CT molecular complexity index is 755. The van der Waals surface area contributed by atoms with Gasteiger partial charge in [0.25, 0.3) is 0 Å². The van der Waals surface area contributed by atoms with Crippen LogP contribution in [-0.2, 0) is 9.59 Å². The summed E-state index contributed by atoms with van der Waals surface area (Å²) < 4.78 is 10.3. The van der Waals surface area contributed by atoms with Gasteiger partial charge in [0, 0.05) is 6.42 Å².